The summed E-state index contributed by atoms with van der Waals surface area (Å²) in [4.78, 5) is 10.5. The van der Waals surface area contributed by atoms with Gasteiger partial charge in [-0.15, -0.1) is 0 Å². The number of pyridine rings is 2. The van der Waals surface area contributed by atoms with Gasteiger partial charge in [0.2, 0.25) is 0 Å². The van der Waals surface area contributed by atoms with Crippen molar-refractivity contribution in [3.8, 4) is 22.3 Å². The molecule has 0 bridgehead atoms. The minimum absolute atomic E-state index is 0.678. The average Bonchev–Trinajstić information content (AvgIpc) is 3.82. The Kier molecular flexibility index (Phi) is 9.88. The lowest BCUT2D eigenvalue weighted by molar-refractivity contribution is 0.732. The Morgan fingerprint density at radius 3 is 0.956 bits per heavy atom. The van der Waals surface area contributed by atoms with Crippen LogP contribution in [0.25, 0.3) is 33.4 Å². The molecule has 0 fully saturated rings. The standard InChI is InChI=1S/C66H50N2/c1-43-27-31-53-54-32-28-44(2)38-58(54)65(57(53)37-43,61-25-11-13-35-67-61)51-23-15-21-49(41-51)64(63(47-17-7-5-8-18-47)48-19-9-6-10-20-48)50-22-16-24-52(42-50)66(62-26-12-14-36-68-62)59-39-45(3)29-33-55(59)56-34-30-46(4)40-60(56)66/h5-42H,1-4H3. The second-order valence-corrected chi connectivity index (χ2v) is 18.8. The SMILES string of the molecule is Cc1ccc2c(c1)C(c1cccc(C(=C(c3ccccc3)c3ccccc3)c3cccc(C4(c5ccccn5)c5cc(C)ccc5-c5ccc(C)cc54)c3)c1)(c1ccccn1)c1cc(C)ccc1-2. The van der Waals surface area contributed by atoms with Gasteiger partial charge < -0.3 is 0 Å². The van der Waals surface area contributed by atoms with E-state index in [1.165, 1.54) is 77.9 Å². The van der Waals surface area contributed by atoms with E-state index in [-0.39, 0.29) is 0 Å². The van der Waals surface area contributed by atoms with Gasteiger partial charge in [0.1, 0.15) is 0 Å². The van der Waals surface area contributed by atoms with Crippen LogP contribution in [-0.4, -0.2) is 9.97 Å². The molecule has 2 aliphatic carbocycles. The van der Waals surface area contributed by atoms with Crippen LogP contribution in [0.1, 0.15) is 89.3 Å². The van der Waals surface area contributed by atoms with E-state index >= 15 is 0 Å². The third-order valence-electron chi connectivity index (χ3n) is 14.5. The van der Waals surface area contributed by atoms with E-state index in [0.717, 1.165) is 44.8 Å². The van der Waals surface area contributed by atoms with Crippen LogP contribution in [0.4, 0.5) is 0 Å². The molecule has 2 aromatic heterocycles. The number of hydrogen-bond donors (Lipinski definition) is 0. The van der Waals surface area contributed by atoms with E-state index in [1.54, 1.807) is 0 Å². The van der Waals surface area contributed by atoms with E-state index in [0.29, 0.717) is 0 Å². The van der Waals surface area contributed by atoms with E-state index in [2.05, 4.69) is 234 Å². The molecule has 2 nitrogen and oxygen atoms in total. The van der Waals surface area contributed by atoms with E-state index < -0.39 is 10.8 Å². The van der Waals surface area contributed by atoms with Gasteiger partial charge in [-0.3, -0.25) is 9.97 Å². The predicted octanol–water partition coefficient (Wildman–Crippen LogP) is 15.4. The quantitative estimate of drug-likeness (QED) is 0.142. The Morgan fingerprint density at radius 2 is 0.618 bits per heavy atom. The third-order valence-corrected chi connectivity index (χ3v) is 14.5. The summed E-state index contributed by atoms with van der Waals surface area (Å²) in [6.07, 6.45) is 3.90. The maximum Gasteiger partial charge on any atom is 0.0886 e. The fraction of sp³-hybridized carbons (Fsp3) is 0.0909. The number of benzene rings is 8. The number of fused-ring (bicyclic) bond motifs is 6. The molecule has 10 aromatic rings. The summed E-state index contributed by atoms with van der Waals surface area (Å²) in [5.41, 5.74) is 24.8. The van der Waals surface area contributed by atoms with Crippen molar-refractivity contribution in [2.24, 2.45) is 0 Å². The normalized spacial score (nSPS) is 13.5. The van der Waals surface area contributed by atoms with Gasteiger partial charge >= 0.3 is 0 Å². The monoisotopic (exact) mass is 870 g/mol. The molecule has 8 aromatic carbocycles. The lowest BCUT2D eigenvalue weighted by Crippen LogP contribution is -2.30. The first-order chi connectivity index (χ1) is 33.3. The molecule has 2 heteroatoms. The fourth-order valence-corrected chi connectivity index (χ4v) is 11.7. The van der Waals surface area contributed by atoms with Crippen molar-refractivity contribution in [2.75, 3.05) is 0 Å². The van der Waals surface area contributed by atoms with Crippen molar-refractivity contribution >= 4 is 11.1 Å². The van der Waals surface area contributed by atoms with Crippen LogP contribution in [0.5, 0.6) is 0 Å². The number of aryl methyl sites for hydroxylation is 4. The van der Waals surface area contributed by atoms with Gasteiger partial charge in [-0.05, 0) is 153 Å². The van der Waals surface area contributed by atoms with Crippen molar-refractivity contribution in [1.29, 1.82) is 0 Å². The van der Waals surface area contributed by atoms with Crippen LogP contribution in [0, 0.1) is 27.7 Å². The van der Waals surface area contributed by atoms with Gasteiger partial charge in [0.05, 0.1) is 22.2 Å². The van der Waals surface area contributed by atoms with Gasteiger partial charge in [0.15, 0.2) is 0 Å². The maximum atomic E-state index is 5.25. The number of nitrogens with zero attached hydrogens (tertiary/aromatic N) is 2. The molecule has 0 saturated carbocycles. The largest absolute Gasteiger partial charge is 0.260 e. The summed E-state index contributed by atoms with van der Waals surface area (Å²) in [6, 6.07) is 81.2. The van der Waals surface area contributed by atoms with Crippen molar-refractivity contribution in [3.05, 3.63) is 320 Å². The minimum Gasteiger partial charge on any atom is -0.260 e. The molecule has 0 atom stereocenters. The number of hydrogen-bond acceptors (Lipinski definition) is 2. The molecule has 2 aliphatic rings. The first kappa shape index (κ1) is 41.2. The molecule has 0 saturated heterocycles. The third kappa shape index (κ3) is 6.32. The molecule has 0 radical (unpaired) electrons. The molecule has 0 aliphatic heterocycles. The Balaban J connectivity index is 1.19. The zero-order chi connectivity index (χ0) is 46.0. The van der Waals surface area contributed by atoms with Crippen LogP contribution in [-0.2, 0) is 10.8 Å². The van der Waals surface area contributed by atoms with Crippen molar-refractivity contribution in [1.82, 2.24) is 9.97 Å². The Labute approximate surface area is 400 Å². The van der Waals surface area contributed by atoms with Crippen LogP contribution in [0.2, 0.25) is 0 Å². The van der Waals surface area contributed by atoms with Crippen LogP contribution in [0.15, 0.2) is 231 Å². The van der Waals surface area contributed by atoms with E-state index in [9.17, 15) is 0 Å². The molecule has 68 heavy (non-hydrogen) atoms. The Bertz CT molecular complexity index is 3250. The summed E-state index contributed by atoms with van der Waals surface area (Å²) in [5, 5.41) is 0. The average molecular weight is 871 g/mol. The molecule has 2 heterocycles. The summed E-state index contributed by atoms with van der Waals surface area (Å²) in [5.74, 6) is 0. The van der Waals surface area contributed by atoms with Crippen LogP contribution >= 0.6 is 0 Å². The summed E-state index contributed by atoms with van der Waals surface area (Å²) < 4.78 is 0. The predicted molar refractivity (Wildman–Crippen MR) is 280 cm³/mol. The van der Waals surface area contributed by atoms with E-state index in [4.69, 9.17) is 9.97 Å². The molecule has 0 spiro atoms. The van der Waals surface area contributed by atoms with E-state index in [1.807, 2.05) is 24.5 Å². The molecule has 0 amide bonds. The first-order valence-electron chi connectivity index (χ1n) is 23.7. The summed E-state index contributed by atoms with van der Waals surface area (Å²) in [7, 11) is 0. The highest BCUT2D eigenvalue weighted by molar-refractivity contribution is 6.05. The van der Waals surface area contributed by atoms with Gasteiger partial charge in [-0.2, -0.15) is 0 Å². The molecule has 324 valence electrons. The van der Waals surface area contributed by atoms with Crippen LogP contribution < -0.4 is 0 Å². The second kappa shape index (κ2) is 16.3. The van der Waals surface area contributed by atoms with Gasteiger partial charge in [0, 0.05) is 12.4 Å². The first-order valence-corrected chi connectivity index (χ1v) is 23.7. The summed E-state index contributed by atoms with van der Waals surface area (Å²) >= 11 is 0. The van der Waals surface area contributed by atoms with Crippen molar-refractivity contribution < 1.29 is 0 Å². The Morgan fingerprint density at radius 1 is 0.294 bits per heavy atom. The lowest BCUT2D eigenvalue weighted by atomic mass is 9.68. The van der Waals surface area contributed by atoms with Gasteiger partial charge in [-0.1, -0.05) is 204 Å². The zero-order valence-electron chi connectivity index (χ0n) is 38.8. The van der Waals surface area contributed by atoms with Gasteiger partial charge in [-0.25, -0.2) is 0 Å². The zero-order valence-corrected chi connectivity index (χ0v) is 38.8. The maximum absolute atomic E-state index is 5.25. The fourth-order valence-electron chi connectivity index (χ4n) is 11.7. The number of aromatic nitrogens is 2. The molecule has 0 N–H and O–H groups in total. The topological polar surface area (TPSA) is 25.8 Å². The molecule has 12 rings (SSSR count). The van der Waals surface area contributed by atoms with Crippen LogP contribution in [0.3, 0.4) is 0 Å². The van der Waals surface area contributed by atoms with Gasteiger partial charge in [0.25, 0.3) is 0 Å². The van der Waals surface area contributed by atoms with Crippen molar-refractivity contribution in [3.63, 3.8) is 0 Å². The lowest BCUT2D eigenvalue weighted by Gasteiger charge is -2.34. The molecular formula is C66H50N2. The minimum atomic E-state index is -0.678. The second-order valence-electron chi connectivity index (χ2n) is 18.8. The molecular weight excluding hydrogens is 821 g/mol. The molecule has 0 unspecified atom stereocenters. The Hall–Kier alpha value is -8.20. The highest BCUT2D eigenvalue weighted by Gasteiger charge is 2.49. The highest BCUT2D eigenvalue weighted by Crippen LogP contribution is 2.58. The van der Waals surface area contributed by atoms with Crippen molar-refractivity contribution in [2.45, 2.75) is 38.5 Å². The summed E-state index contributed by atoms with van der Waals surface area (Å²) in [6.45, 7) is 8.82. The number of rotatable bonds is 8. The highest BCUT2D eigenvalue weighted by atomic mass is 14.7. The smallest absolute Gasteiger partial charge is 0.0886 e.